The van der Waals surface area contributed by atoms with Crippen LogP contribution in [0.25, 0.3) is 0 Å². The molecule has 0 bridgehead atoms. The highest BCUT2D eigenvalue weighted by atomic mass is 79.9. The summed E-state index contributed by atoms with van der Waals surface area (Å²) in [5, 5.41) is -3.56. The number of benzene rings is 1. The first-order valence-corrected chi connectivity index (χ1v) is 17.1. The molecule has 1 aromatic carbocycles. The fourth-order valence-electron chi connectivity index (χ4n) is 1.92. The summed E-state index contributed by atoms with van der Waals surface area (Å²) in [7, 11) is -4.15. The standard InChI is InChI=1S/C18H22Br3Cl7O6Si/c1-2-18(28,32-15-4-3-14(19)16(20)17(15)21)33-34-35(29-8-11(25)5-22,30-9-12(26)6-23)31-10-13(27)7-24/h3-4,11-13H,2,5-10H2,1H3. The van der Waals surface area contributed by atoms with Gasteiger partial charge in [0.05, 0.1) is 40.4 Å². The Bertz CT molecular complexity index is 742. The van der Waals surface area contributed by atoms with Gasteiger partial charge in [-0.1, -0.05) is 6.92 Å². The van der Waals surface area contributed by atoms with Crippen LogP contribution in [0.15, 0.2) is 25.6 Å². The molecule has 0 saturated carbocycles. The van der Waals surface area contributed by atoms with Gasteiger partial charge in [-0.15, -0.1) is 69.6 Å². The van der Waals surface area contributed by atoms with Crippen LogP contribution in [0.1, 0.15) is 13.3 Å². The van der Waals surface area contributed by atoms with Crippen molar-refractivity contribution in [1.29, 1.82) is 0 Å². The second-order valence-electron chi connectivity index (χ2n) is 6.64. The predicted molar refractivity (Wildman–Crippen MR) is 156 cm³/mol. The summed E-state index contributed by atoms with van der Waals surface area (Å²) < 4.78 is 31.0. The lowest BCUT2D eigenvalue weighted by Gasteiger charge is -2.32. The molecule has 0 amide bonds. The fraction of sp³-hybridized carbons (Fsp3) is 0.667. The maximum atomic E-state index is 6.60. The van der Waals surface area contributed by atoms with Crippen LogP contribution in [-0.2, 0) is 22.7 Å². The molecule has 4 unspecified atom stereocenters. The van der Waals surface area contributed by atoms with Crippen LogP contribution < -0.4 is 4.74 Å². The highest BCUT2D eigenvalue weighted by molar-refractivity contribution is 9.14. The Kier molecular flexibility index (Phi) is 18.3. The van der Waals surface area contributed by atoms with Crippen LogP contribution in [0.3, 0.4) is 0 Å². The van der Waals surface area contributed by atoms with Gasteiger partial charge in [-0.25, -0.2) is 0 Å². The third kappa shape index (κ3) is 12.7. The Hall–Kier alpha value is 2.51. The van der Waals surface area contributed by atoms with Crippen molar-refractivity contribution in [3.8, 4) is 5.75 Å². The molecule has 1 aromatic rings. The van der Waals surface area contributed by atoms with Crippen molar-refractivity contribution in [2.75, 3.05) is 37.5 Å². The fourth-order valence-corrected chi connectivity index (χ4v) is 6.06. The summed E-state index contributed by atoms with van der Waals surface area (Å²) in [5.41, 5.74) is 0. The summed E-state index contributed by atoms with van der Waals surface area (Å²) in [6.07, 6.45) is 0.137. The Morgan fingerprint density at radius 1 is 0.829 bits per heavy atom. The molecule has 35 heavy (non-hydrogen) atoms. The van der Waals surface area contributed by atoms with Gasteiger partial charge in [0.1, 0.15) is 5.75 Å². The zero-order valence-electron chi connectivity index (χ0n) is 18.1. The van der Waals surface area contributed by atoms with E-state index in [-0.39, 0.29) is 43.9 Å². The molecule has 0 aliphatic rings. The van der Waals surface area contributed by atoms with Gasteiger partial charge in [-0.2, -0.15) is 9.46 Å². The number of hydrogen-bond acceptors (Lipinski definition) is 6. The molecular formula is C18H22Br3Cl7O6Si. The van der Waals surface area contributed by atoms with Crippen molar-refractivity contribution in [2.24, 2.45) is 0 Å². The molecule has 0 aromatic heterocycles. The SMILES string of the molecule is CCC(Cl)(OO[Si](OCC(Cl)CCl)(OCC(Cl)CCl)OCC(Cl)CCl)Oc1ccc(Br)c(Br)c1Br. The molecule has 1 rings (SSSR count). The first-order valence-electron chi connectivity index (χ1n) is 9.84. The minimum absolute atomic E-state index is 0.0938. The lowest BCUT2D eigenvalue weighted by molar-refractivity contribution is -0.359. The van der Waals surface area contributed by atoms with E-state index in [4.69, 9.17) is 109 Å². The van der Waals surface area contributed by atoms with Crippen LogP contribution in [0.4, 0.5) is 0 Å². The quantitative estimate of drug-likeness (QED) is 0.0369. The van der Waals surface area contributed by atoms with E-state index in [1.807, 2.05) is 0 Å². The van der Waals surface area contributed by atoms with Crippen LogP contribution in [-0.4, -0.2) is 67.9 Å². The number of ether oxygens (including phenoxy) is 1. The molecule has 0 spiro atoms. The minimum atomic E-state index is -4.15. The van der Waals surface area contributed by atoms with Crippen LogP contribution in [0.5, 0.6) is 5.75 Å². The van der Waals surface area contributed by atoms with E-state index in [0.29, 0.717) is 14.7 Å². The predicted octanol–water partition coefficient (Wildman–Crippen LogP) is 8.63. The summed E-state index contributed by atoms with van der Waals surface area (Å²) >= 11 is 52.7. The van der Waals surface area contributed by atoms with Gasteiger partial charge in [0.2, 0.25) is 0 Å². The van der Waals surface area contributed by atoms with Gasteiger partial charge < -0.3 is 18.0 Å². The number of hydrogen-bond donors (Lipinski definition) is 0. The van der Waals surface area contributed by atoms with Crippen molar-refractivity contribution in [3.63, 3.8) is 0 Å². The summed E-state index contributed by atoms with van der Waals surface area (Å²) in [5.74, 6) is 0.646. The average Bonchev–Trinajstić information content (AvgIpc) is 2.87. The molecule has 6 nitrogen and oxygen atoms in total. The number of alkyl halides is 7. The minimum Gasteiger partial charge on any atom is -0.445 e. The molecule has 17 heteroatoms. The van der Waals surface area contributed by atoms with E-state index in [2.05, 4.69) is 47.8 Å². The first kappa shape index (κ1) is 35.5. The average molecular weight is 850 g/mol. The van der Waals surface area contributed by atoms with E-state index < -0.39 is 30.4 Å². The van der Waals surface area contributed by atoms with E-state index in [1.165, 1.54) is 0 Å². The normalized spacial score (nSPS) is 17.9. The Morgan fingerprint density at radius 2 is 1.29 bits per heavy atom. The molecular weight excluding hydrogens is 828 g/mol. The summed E-state index contributed by atoms with van der Waals surface area (Å²) in [6.45, 7) is 1.41. The van der Waals surface area contributed by atoms with Crippen LogP contribution in [0, 0.1) is 0 Å². The van der Waals surface area contributed by atoms with Gasteiger partial charge >= 0.3 is 14.3 Å². The molecule has 4 atom stereocenters. The molecule has 0 saturated heterocycles. The van der Waals surface area contributed by atoms with Gasteiger partial charge in [0.25, 0.3) is 0 Å². The second kappa shape index (κ2) is 18.0. The zero-order valence-corrected chi connectivity index (χ0v) is 29.1. The van der Waals surface area contributed by atoms with E-state index >= 15 is 0 Å². The van der Waals surface area contributed by atoms with Crippen molar-refractivity contribution in [2.45, 2.75) is 34.7 Å². The van der Waals surface area contributed by atoms with E-state index in [0.717, 1.165) is 4.47 Å². The maximum Gasteiger partial charge on any atom is 0.708 e. The van der Waals surface area contributed by atoms with Crippen molar-refractivity contribution in [1.82, 2.24) is 0 Å². The molecule has 0 aliphatic carbocycles. The number of rotatable bonds is 18. The molecule has 0 N–H and O–H groups in total. The van der Waals surface area contributed by atoms with Crippen molar-refractivity contribution in [3.05, 3.63) is 25.6 Å². The topological polar surface area (TPSA) is 55.4 Å². The van der Waals surface area contributed by atoms with Gasteiger partial charge in [0.15, 0.2) is 0 Å². The molecule has 0 heterocycles. The monoisotopic (exact) mass is 844 g/mol. The Labute approximate surface area is 266 Å². The third-order valence-corrected chi connectivity index (χ3v) is 11.8. The smallest absolute Gasteiger partial charge is 0.445 e. The largest absolute Gasteiger partial charge is 0.708 e. The summed E-state index contributed by atoms with van der Waals surface area (Å²) in [4.78, 5) is 5.53. The highest BCUT2D eigenvalue weighted by Gasteiger charge is 2.51. The first-order chi connectivity index (χ1) is 16.4. The molecule has 0 radical (unpaired) electrons. The lowest BCUT2D eigenvalue weighted by atomic mass is 10.3. The van der Waals surface area contributed by atoms with Gasteiger partial charge in [0, 0.05) is 33.0 Å². The highest BCUT2D eigenvalue weighted by Crippen LogP contribution is 2.40. The summed E-state index contributed by atoms with van der Waals surface area (Å²) in [6, 6.07) is 3.44. The molecule has 204 valence electrons. The van der Waals surface area contributed by atoms with Crippen molar-refractivity contribution < 1.29 is 27.5 Å². The Balaban J connectivity index is 3.18. The Morgan fingerprint density at radius 3 is 1.69 bits per heavy atom. The van der Waals surface area contributed by atoms with Crippen molar-refractivity contribution >= 4 is 138 Å². The van der Waals surface area contributed by atoms with Gasteiger partial charge in [-0.3, -0.25) is 0 Å². The third-order valence-electron chi connectivity index (χ3n) is 3.78. The lowest BCUT2D eigenvalue weighted by Crippen LogP contribution is -2.54. The van der Waals surface area contributed by atoms with Crippen LogP contribution >= 0.6 is 129 Å². The van der Waals surface area contributed by atoms with Gasteiger partial charge in [-0.05, 0) is 71.5 Å². The number of halogens is 10. The second-order valence-corrected chi connectivity index (χ2v) is 14.5. The zero-order chi connectivity index (χ0) is 26.6. The van der Waals surface area contributed by atoms with E-state index in [9.17, 15) is 0 Å². The molecule has 0 fully saturated rings. The molecule has 0 aliphatic heterocycles. The van der Waals surface area contributed by atoms with E-state index in [1.54, 1.807) is 19.1 Å². The maximum absolute atomic E-state index is 6.60. The van der Waals surface area contributed by atoms with Crippen LogP contribution in [0.2, 0.25) is 0 Å².